The lowest BCUT2D eigenvalue weighted by Crippen LogP contribution is -2.30. The van der Waals surface area contributed by atoms with Crippen molar-refractivity contribution in [2.75, 3.05) is 25.1 Å². The van der Waals surface area contributed by atoms with Crippen LogP contribution in [0.5, 0.6) is 0 Å². The Hall–Kier alpha value is -1.66. The molecule has 1 aromatic carbocycles. The lowest BCUT2D eigenvalue weighted by molar-refractivity contribution is -0.384. The van der Waals surface area contributed by atoms with Gasteiger partial charge in [0.2, 0.25) is 0 Å². The van der Waals surface area contributed by atoms with Gasteiger partial charge in [-0.15, -0.1) is 0 Å². The third-order valence-electron chi connectivity index (χ3n) is 3.37. The van der Waals surface area contributed by atoms with E-state index in [1.54, 1.807) is 20.1 Å². The van der Waals surface area contributed by atoms with Crippen molar-refractivity contribution in [3.05, 3.63) is 33.9 Å². The third kappa shape index (κ3) is 3.02. The van der Waals surface area contributed by atoms with E-state index in [0.29, 0.717) is 19.6 Å². The molecule has 0 aliphatic carbocycles. The van der Waals surface area contributed by atoms with Gasteiger partial charge < -0.3 is 14.7 Å². The summed E-state index contributed by atoms with van der Waals surface area (Å²) in [5, 5.41) is 20.8. The van der Waals surface area contributed by atoms with E-state index in [-0.39, 0.29) is 5.69 Å². The molecule has 0 bridgehead atoms. The summed E-state index contributed by atoms with van der Waals surface area (Å²) in [5.74, 6) is 0. The lowest BCUT2D eigenvalue weighted by atomic mass is 10.1. The highest BCUT2D eigenvalue weighted by atomic mass is 16.6. The Morgan fingerprint density at radius 2 is 2.32 bits per heavy atom. The molecule has 19 heavy (non-hydrogen) atoms. The van der Waals surface area contributed by atoms with Crippen LogP contribution in [0.2, 0.25) is 0 Å². The summed E-state index contributed by atoms with van der Waals surface area (Å²) in [6.07, 6.45) is 0.691. The second-order valence-electron chi connectivity index (χ2n) is 5.17. The van der Waals surface area contributed by atoms with E-state index in [4.69, 9.17) is 4.74 Å². The summed E-state index contributed by atoms with van der Waals surface area (Å²) in [5.41, 5.74) is 1.02. The molecule has 1 aliphatic rings. The molecule has 104 valence electrons. The predicted octanol–water partition coefficient (Wildman–Crippen LogP) is 1.70. The van der Waals surface area contributed by atoms with Crippen LogP contribution in [0.1, 0.15) is 18.9 Å². The van der Waals surface area contributed by atoms with Gasteiger partial charge in [0, 0.05) is 43.6 Å². The number of nitro groups is 1. The van der Waals surface area contributed by atoms with E-state index >= 15 is 0 Å². The summed E-state index contributed by atoms with van der Waals surface area (Å²) in [6, 6.07) is 4.75. The van der Waals surface area contributed by atoms with E-state index in [0.717, 1.165) is 17.8 Å². The molecule has 1 aliphatic heterocycles. The van der Waals surface area contributed by atoms with E-state index in [9.17, 15) is 15.2 Å². The first-order valence-corrected chi connectivity index (χ1v) is 6.16. The summed E-state index contributed by atoms with van der Waals surface area (Å²) < 4.78 is 5.10. The van der Waals surface area contributed by atoms with Gasteiger partial charge in [-0.05, 0) is 19.4 Å². The van der Waals surface area contributed by atoms with Crippen molar-refractivity contribution < 1.29 is 14.8 Å². The predicted molar refractivity (Wildman–Crippen MR) is 71.3 cm³/mol. The molecular weight excluding hydrogens is 248 g/mol. The van der Waals surface area contributed by atoms with E-state index in [1.165, 1.54) is 12.1 Å². The van der Waals surface area contributed by atoms with E-state index < -0.39 is 10.5 Å². The van der Waals surface area contributed by atoms with Gasteiger partial charge in [0.05, 0.1) is 17.1 Å². The number of aliphatic hydroxyl groups is 1. The highest BCUT2D eigenvalue weighted by Crippen LogP contribution is 2.31. The number of hydrogen-bond acceptors (Lipinski definition) is 5. The number of nitro benzene ring substituents is 1. The van der Waals surface area contributed by atoms with Gasteiger partial charge in [-0.2, -0.15) is 0 Å². The highest BCUT2D eigenvalue weighted by Gasteiger charge is 2.32. The van der Waals surface area contributed by atoms with Crippen LogP contribution < -0.4 is 4.90 Å². The maximum Gasteiger partial charge on any atom is 0.269 e. The first-order chi connectivity index (χ1) is 8.93. The summed E-state index contributed by atoms with van der Waals surface area (Å²) in [6.45, 7) is 3.38. The molecule has 0 saturated carbocycles. The molecule has 1 N–H and O–H groups in total. The van der Waals surface area contributed by atoms with Crippen molar-refractivity contribution >= 4 is 11.4 Å². The van der Waals surface area contributed by atoms with Crippen molar-refractivity contribution in [1.29, 1.82) is 0 Å². The number of anilines is 1. The first kappa shape index (κ1) is 13.8. The fourth-order valence-corrected chi connectivity index (χ4v) is 2.42. The number of benzene rings is 1. The van der Waals surface area contributed by atoms with Crippen LogP contribution in [-0.4, -0.2) is 35.8 Å². The topological polar surface area (TPSA) is 75.8 Å². The van der Waals surface area contributed by atoms with Crippen molar-refractivity contribution in [3.63, 3.8) is 0 Å². The Kier molecular flexibility index (Phi) is 3.73. The van der Waals surface area contributed by atoms with Crippen LogP contribution in [-0.2, 0) is 11.3 Å². The van der Waals surface area contributed by atoms with Crippen LogP contribution >= 0.6 is 0 Å². The first-order valence-electron chi connectivity index (χ1n) is 6.16. The Morgan fingerprint density at radius 1 is 1.58 bits per heavy atom. The van der Waals surface area contributed by atoms with Crippen molar-refractivity contribution in [2.45, 2.75) is 25.6 Å². The molecule has 6 nitrogen and oxygen atoms in total. The number of nitrogens with zero attached hydrogens (tertiary/aromatic N) is 2. The van der Waals surface area contributed by atoms with Crippen LogP contribution in [0, 0.1) is 10.1 Å². The summed E-state index contributed by atoms with van der Waals surface area (Å²) in [7, 11) is 1.56. The van der Waals surface area contributed by atoms with E-state index in [1.807, 2.05) is 4.90 Å². The number of ether oxygens (including phenoxy) is 1. The van der Waals surface area contributed by atoms with Crippen LogP contribution in [0.15, 0.2) is 18.2 Å². The normalized spacial score (nSPS) is 22.8. The average Bonchev–Trinajstić information content (AvgIpc) is 2.70. The minimum Gasteiger partial charge on any atom is -0.388 e. The third-order valence-corrected chi connectivity index (χ3v) is 3.37. The van der Waals surface area contributed by atoms with Gasteiger partial charge in [0.1, 0.15) is 0 Å². The second kappa shape index (κ2) is 5.14. The lowest BCUT2D eigenvalue weighted by Gasteiger charge is -2.23. The summed E-state index contributed by atoms with van der Waals surface area (Å²) >= 11 is 0. The maximum atomic E-state index is 10.8. The Labute approximate surface area is 111 Å². The number of rotatable bonds is 4. The number of hydrogen-bond donors (Lipinski definition) is 1. The molecule has 1 fully saturated rings. The van der Waals surface area contributed by atoms with Crippen LogP contribution in [0.25, 0.3) is 0 Å². The molecule has 0 spiro atoms. The van der Waals surface area contributed by atoms with Crippen molar-refractivity contribution in [1.82, 2.24) is 0 Å². The highest BCUT2D eigenvalue weighted by molar-refractivity contribution is 5.58. The molecule has 0 amide bonds. The molecule has 6 heteroatoms. The molecular formula is C13H18N2O4. The standard InChI is InChI=1S/C13H18N2O4/c1-13(16)5-6-14(9-13)12-4-3-11(15(17)18)7-10(12)8-19-2/h3-4,7,16H,5-6,8-9H2,1-2H3. The minimum atomic E-state index is -0.702. The molecule has 2 rings (SSSR count). The molecule has 0 aromatic heterocycles. The minimum absolute atomic E-state index is 0.0572. The fourth-order valence-electron chi connectivity index (χ4n) is 2.42. The Morgan fingerprint density at radius 3 is 2.84 bits per heavy atom. The fraction of sp³-hybridized carbons (Fsp3) is 0.538. The zero-order chi connectivity index (χ0) is 14.0. The van der Waals surface area contributed by atoms with Gasteiger partial charge in [-0.3, -0.25) is 10.1 Å². The smallest absolute Gasteiger partial charge is 0.269 e. The van der Waals surface area contributed by atoms with Crippen LogP contribution in [0.3, 0.4) is 0 Å². The van der Waals surface area contributed by atoms with Gasteiger partial charge >= 0.3 is 0 Å². The van der Waals surface area contributed by atoms with Gasteiger partial charge in [-0.1, -0.05) is 0 Å². The van der Waals surface area contributed by atoms with E-state index in [2.05, 4.69) is 0 Å². The number of non-ortho nitro benzene ring substituents is 1. The largest absolute Gasteiger partial charge is 0.388 e. The zero-order valence-electron chi connectivity index (χ0n) is 11.1. The molecule has 1 unspecified atom stereocenters. The molecule has 1 aromatic rings. The maximum absolute atomic E-state index is 10.8. The van der Waals surface area contributed by atoms with Gasteiger partial charge in [-0.25, -0.2) is 0 Å². The molecule has 1 saturated heterocycles. The quantitative estimate of drug-likeness (QED) is 0.663. The second-order valence-corrected chi connectivity index (χ2v) is 5.17. The number of methoxy groups -OCH3 is 1. The van der Waals surface area contributed by atoms with Gasteiger partial charge in [0.15, 0.2) is 0 Å². The molecule has 0 radical (unpaired) electrons. The monoisotopic (exact) mass is 266 g/mol. The number of β-amino-alcohol motifs (C(OH)–C–C–N with tert-alkyl or cyclic N) is 1. The van der Waals surface area contributed by atoms with Crippen molar-refractivity contribution in [2.24, 2.45) is 0 Å². The average molecular weight is 266 g/mol. The van der Waals surface area contributed by atoms with Crippen molar-refractivity contribution in [3.8, 4) is 0 Å². The summed E-state index contributed by atoms with van der Waals surface area (Å²) in [4.78, 5) is 12.4. The Balaban J connectivity index is 2.32. The molecule has 1 atom stereocenters. The molecule has 1 heterocycles. The van der Waals surface area contributed by atoms with Gasteiger partial charge in [0.25, 0.3) is 5.69 Å². The Bertz CT molecular complexity index is 488. The SMILES string of the molecule is COCc1cc([N+](=O)[O-])ccc1N1CCC(C)(O)C1. The zero-order valence-corrected chi connectivity index (χ0v) is 11.1. The van der Waals surface area contributed by atoms with Crippen LogP contribution in [0.4, 0.5) is 11.4 Å².